The number of amides is 1. The molecule has 0 aromatic heterocycles. The van der Waals surface area contributed by atoms with Crippen molar-refractivity contribution in [3.05, 3.63) is 35.9 Å². The summed E-state index contributed by atoms with van der Waals surface area (Å²) in [5.41, 5.74) is 7.27. The van der Waals surface area contributed by atoms with Crippen LogP contribution in [0.15, 0.2) is 30.3 Å². The van der Waals surface area contributed by atoms with Crippen molar-refractivity contribution in [3.63, 3.8) is 0 Å². The molecule has 4 nitrogen and oxygen atoms in total. The van der Waals surface area contributed by atoms with E-state index in [0.717, 1.165) is 51.7 Å². The number of nitrogens with two attached hydrogens (primary N) is 1. The van der Waals surface area contributed by atoms with Gasteiger partial charge in [-0.25, -0.2) is 0 Å². The zero-order valence-corrected chi connectivity index (χ0v) is 13.6. The summed E-state index contributed by atoms with van der Waals surface area (Å²) >= 11 is 0. The summed E-state index contributed by atoms with van der Waals surface area (Å²) in [5, 5.41) is 3.07. The second-order valence-corrected chi connectivity index (χ2v) is 6.49. The first-order chi connectivity index (χ1) is 10.6. The van der Waals surface area contributed by atoms with Gasteiger partial charge in [-0.2, -0.15) is 0 Å². The van der Waals surface area contributed by atoms with E-state index in [1.54, 1.807) is 0 Å². The van der Waals surface area contributed by atoms with Gasteiger partial charge in [0.2, 0.25) is 5.91 Å². The molecule has 0 heterocycles. The van der Waals surface area contributed by atoms with Crippen LogP contribution in [0.2, 0.25) is 0 Å². The Bertz CT molecular complexity index is 449. The highest BCUT2D eigenvalue weighted by Crippen LogP contribution is 2.22. The molecule has 1 aliphatic carbocycles. The first-order valence-electron chi connectivity index (χ1n) is 8.41. The summed E-state index contributed by atoms with van der Waals surface area (Å²) in [4.78, 5) is 14.4. The summed E-state index contributed by atoms with van der Waals surface area (Å²) < 4.78 is 0. The van der Waals surface area contributed by atoms with E-state index >= 15 is 0 Å². The molecule has 3 N–H and O–H groups in total. The molecule has 0 saturated heterocycles. The lowest BCUT2D eigenvalue weighted by molar-refractivity contribution is -0.126. The number of nitrogens with one attached hydrogen (secondary N) is 1. The van der Waals surface area contributed by atoms with E-state index in [9.17, 15) is 4.79 Å². The second-order valence-electron chi connectivity index (χ2n) is 6.49. The highest BCUT2D eigenvalue weighted by Gasteiger charge is 2.24. The van der Waals surface area contributed by atoms with Crippen LogP contribution >= 0.6 is 0 Å². The molecule has 0 radical (unpaired) electrons. The van der Waals surface area contributed by atoms with E-state index in [1.807, 2.05) is 6.07 Å². The number of carbonyl (C=O) groups is 1. The third-order valence-corrected chi connectivity index (χ3v) is 4.40. The summed E-state index contributed by atoms with van der Waals surface area (Å²) in [6.45, 7) is 2.69. The molecule has 0 spiro atoms. The standard InChI is InChI=1S/C18H29N3O/c1-21(14-15-7-3-2-4-8-15)12-6-11-20-18(22)16-9-5-10-17(19)13-16/h2-4,7-8,16-17H,5-6,9-14,19H2,1H3,(H,20,22). The van der Waals surface area contributed by atoms with E-state index in [4.69, 9.17) is 5.73 Å². The molecular formula is C18H29N3O. The molecule has 1 saturated carbocycles. The maximum Gasteiger partial charge on any atom is 0.223 e. The Kier molecular flexibility index (Phi) is 6.87. The topological polar surface area (TPSA) is 58.4 Å². The number of rotatable bonds is 7. The van der Waals surface area contributed by atoms with E-state index < -0.39 is 0 Å². The van der Waals surface area contributed by atoms with Crippen molar-refractivity contribution in [2.24, 2.45) is 11.7 Å². The van der Waals surface area contributed by atoms with Crippen LogP contribution in [0.1, 0.15) is 37.7 Å². The predicted molar refractivity (Wildman–Crippen MR) is 90.3 cm³/mol. The molecule has 1 aromatic rings. The average molecular weight is 303 g/mol. The largest absolute Gasteiger partial charge is 0.356 e. The minimum atomic E-state index is 0.130. The number of carbonyl (C=O) groups excluding carboxylic acids is 1. The van der Waals surface area contributed by atoms with Crippen molar-refractivity contribution >= 4 is 5.91 Å². The molecule has 122 valence electrons. The Morgan fingerprint density at radius 3 is 2.82 bits per heavy atom. The molecule has 1 aromatic carbocycles. The Morgan fingerprint density at radius 2 is 2.09 bits per heavy atom. The molecular weight excluding hydrogens is 274 g/mol. The van der Waals surface area contributed by atoms with E-state index in [2.05, 4.69) is 41.5 Å². The highest BCUT2D eigenvalue weighted by atomic mass is 16.1. The van der Waals surface area contributed by atoms with Crippen molar-refractivity contribution in [1.82, 2.24) is 10.2 Å². The fourth-order valence-corrected chi connectivity index (χ4v) is 3.14. The van der Waals surface area contributed by atoms with Gasteiger partial charge in [0.15, 0.2) is 0 Å². The lowest BCUT2D eigenvalue weighted by Gasteiger charge is -2.25. The molecule has 0 bridgehead atoms. The molecule has 0 aliphatic heterocycles. The minimum absolute atomic E-state index is 0.130. The summed E-state index contributed by atoms with van der Waals surface area (Å²) in [6.07, 6.45) is 4.97. The van der Waals surface area contributed by atoms with Gasteiger partial charge in [0.05, 0.1) is 0 Å². The summed E-state index contributed by atoms with van der Waals surface area (Å²) in [5.74, 6) is 0.326. The van der Waals surface area contributed by atoms with E-state index in [-0.39, 0.29) is 17.9 Å². The maximum absolute atomic E-state index is 12.1. The van der Waals surface area contributed by atoms with E-state index in [0.29, 0.717) is 0 Å². The van der Waals surface area contributed by atoms with Crippen molar-refractivity contribution in [2.45, 2.75) is 44.7 Å². The maximum atomic E-state index is 12.1. The third kappa shape index (κ3) is 5.78. The van der Waals surface area contributed by atoms with Gasteiger partial charge in [-0.3, -0.25) is 4.79 Å². The number of hydrogen-bond donors (Lipinski definition) is 2. The Morgan fingerprint density at radius 1 is 1.32 bits per heavy atom. The fraction of sp³-hybridized carbons (Fsp3) is 0.611. The number of nitrogens with zero attached hydrogens (tertiary/aromatic N) is 1. The molecule has 1 fully saturated rings. The van der Waals surface area contributed by atoms with Crippen molar-refractivity contribution < 1.29 is 4.79 Å². The first-order valence-corrected chi connectivity index (χ1v) is 8.41. The minimum Gasteiger partial charge on any atom is -0.356 e. The van der Waals surface area contributed by atoms with Crippen LogP contribution in [0, 0.1) is 5.92 Å². The van der Waals surface area contributed by atoms with Gasteiger partial charge in [-0.05, 0) is 44.8 Å². The van der Waals surface area contributed by atoms with Crippen LogP contribution in [-0.4, -0.2) is 37.0 Å². The van der Waals surface area contributed by atoms with Crippen LogP contribution in [0.25, 0.3) is 0 Å². The SMILES string of the molecule is CN(CCCNC(=O)C1CCCC(N)C1)Cc1ccccc1. The van der Waals surface area contributed by atoms with Gasteiger partial charge in [-0.15, -0.1) is 0 Å². The monoisotopic (exact) mass is 303 g/mol. The second kappa shape index (κ2) is 8.91. The Balaban J connectivity index is 1.59. The smallest absolute Gasteiger partial charge is 0.223 e. The van der Waals surface area contributed by atoms with Crippen molar-refractivity contribution in [2.75, 3.05) is 20.1 Å². The molecule has 22 heavy (non-hydrogen) atoms. The first kappa shape index (κ1) is 17.0. The van der Waals surface area contributed by atoms with Crippen LogP contribution in [0.3, 0.4) is 0 Å². The van der Waals surface area contributed by atoms with E-state index in [1.165, 1.54) is 5.56 Å². The summed E-state index contributed by atoms with van der Waals surface area (Å²) in [7, 11) is 2.12. The van der Waals surface area contributed by atoms with Crippen LogP contribution in [-0.2, 0) is 11.3 Å². The molecule has 1 aliphatic rings. The highest BCUT2D eigenvalue weighted by molar-refractivity contribution is 5.78. The van der Waals surface area contributed by atoms with Crippen molar-refractivity contribution in [1.29, 1.82) is 0 Å². The van der Waals surface area contributed by atoms with Gasteiger partial charge in [-0.1, -0.05) is 36.8 Å². The average Bonchev–Trinajstić information content (AvgIpc) is 2.52. The third-order valence-electron chi connectivity index (χ3n) is 4.40. The Hall–Kier alpha value is -1.39. The van der Waals surface area contributed by atoms with Crippen LogP contribution in [0.5, 0.6) is 0 Å². The molecule has 2 unspecified atom stereocenters. The van der Waals surface area contributed by atoms with Gasteiger partial charge in [0, 0.05) is 25.0 Å². The zero-order chi connectivity index (χ0) is 15.8. The lowest BCUT2D eigenvalue weighted by atomic mass is 9.85. The van der Waals surface area contributed by atoms with Gasteiger partial charge >= 0.3 is 0 Å². The predicted octanol–water partition coefficient (Wildman–Crippen LogP) is 2.14. The number of hydrogen-bond acceptors (Lipinski definition) is 3. The molecule has 2 rings (SSSR count). The normalized spacial score (nSPS) is 21.8. The van der Waals surface area contributed by atoms with Gasteiger partial charge in [0.1, 0.15) is 0 Å². The quantitative estimate of drug-likeness (QED) is 0.759. The fourth-order valence-electron chi connectivity index (χ4n) is 3.14. The van der Waals surface area contributed by atoms with Gasteiger partial charge in [0.25, 0.3) is 0 Å². The van der Waals surface area contributed by atoms with Crippen LogP contribution < -0.4 is 11.1 Å². The van der Waals surface area contributed by atoms with Gasteiger partial charge < -0.3 is 16.0 Å². The molecule has 1 amide bonds. The molecule has 4 heteroatoms. The number of benzene rings is 1. The van der Waals surface area contributed by atoms with Crippen LogP contribution in [0.4, 0.5) is 0 Å². The zero-order valence-electron chi connectivity index (χ0n) is 13.6. The lowest BCUT2D eigenvalue weighted by Crippen LogP contribution is -2.38. The summed E-state index contributed by atoms with van der Waals surface area (Å²) in [6, 6.07) is 10.7. The Labute approximate surface area is 134 Å². The van der Waals surface area contributed by atoms with Crippen molar-refractivity contribution in [3.8, 4) is 0 Å². The molecule has 2 atom stereocenters.